The number of hydrogen-bond donors (Lipinski definition) is 2. The molecule has 4 heteroatoms. The first-order valence-corrected chi connectivity index (χ1v) is 5.95. The minimum absolute atomic E-state index is 0.355. The van der Waals surface area contributed by atoms with Crippen molar-refractivity contribution < 1.29 is 9.18 Å². The zero-order chi connectivity index (χ0) is 13.8. The van der Waals surface area contributed by atoms with Gasteiger partial charge in [0.15, 0.2) is 0 Å². The Bertz CT molecular complexity index is 584. The van der Waals surface area contributed by atoms with E-state index in [1.165, 1.54) is 6.07 Å². The molecule has 1 unspecified atom stereocenters. The molecule has 19 heavy (non-hydrogen) atoms. The van der Waals surface area contributed by atoms with Gasteiger partial charge in [-0.25, -0.2) is 4.39 Å². The van der Waals surface area contributed by atoms with Crippen molar-refractivity contribution in [2.75, 3.05) is 5.32 Å². The number of aryl methyl sites for hydroxylation is 1. The summed E-state index contributed by atoms with van der Waals surface area (Å²) in [6.45, 7) is 1.66. The minimum atomic E-state index is -0.773. The van der Waals surface area contributed by atoms with Crippen LogP contribution in [-0.4, -0.2) is 5.91 Å². The molecule has 2 aromatic carbocycles. The van der Waals surface area contributed by atoms with Crippen molar-refractivity contribution in [3.8, 4) is 0 Å². The zero-order valence-electron chi connectivity index (χ0n) is 10.6. The van der Waals surface area contributed by atoms with Gasteiger partial charge in [0.1, 0.15) is 11.9 Å². The lowest BCUT2D eigenvalue weighted by Crippen LogP contribution is -2.27. The van der Waals surface area contributed by atoms with Crippen molar-refractivity contribution in [2.24, 2.45) is 5.73 Å². The fraction of sp³-hybridized carbons (Fsp3) is 0.133. The Morgan fingerprint density at radius 1 is 1.21 bits per heavy atom. The van der Waals surface area contributed by atoms with Crippen LogP contribution in [-0.2, 0) is 4.79 Å². The van der Waals surface area contributed by atoms with Gasteiger partial charge in [0, 0.05) is 5.69 Å². The molecule has 1 atom stereocenters. The summed E-state index contributed by atoms with van der Waals surface area (Å²) in [5.41, 5.74) is 7.50. The topological polar surface area (TPSA) is 55.1 Å². The molecular weight excluding hydrogens is 243 g/mol. The van der Waals surface area contributed by atoms with Gasteiger partial charge >= 0.3 is 0 Å². The Morgan fingerprint density at radius 2 is 1.89 bits per heavy atom. The monoisotopic (exact) mass is 258 g/mol. The van der Waals surface area contributed by atoms with E-state index in [9.17, 15) is 9.18 Å². The molecule has 2 rings (SSSR count). The second-order valence-corrected chi connectivity index (χ2v) is 4.34. The van der Waals surface area contributed by atoms with Gasteiger partial charge < -0.3 is 11.1 Å². The molecule has 98 valence electrons. The zero-order valence-corrected chi connectivity index (χ0v) is 10.6. The average molecular weight is 258 g/mol. The Hall–Kier alpha value is -2.20. The van der Waals surface area contributed by atoms with Crippen molar-refractivity contribution in [2.45, 2.75) is 13.0 Å². The maximum absolute atomic E-state index is 13.4. The number of anilines is 1. The summed E-state index contributed by atoms with van der Waals surface area (Å²) in [6.07, 6.45) is 0. The van der Waals surface area contributed by atoms with Gasteiger partial charge in [-0.1, -0.05) is 36.4 Å². The lowest BCUT2D eigenvalue weighted by Gasteiger charge is -2.12. The van der Waals surface area contributed by atoms with Crippen molar-refractivity contribution >= 4 is 11.6 Å². The Morgan fingerprint density at radius 3 is 2.53 bits per heavy atom. The molecule has 3 N–H and O–H groups in total. The maximum Gasteiger partial charge on any atom is 0.245 e. The number of nitrogens with one attached hydrogen (secondary N) is 1. The van der Waals surface area contributed by atoms with Crippen LogP contribution in [0.25, 0.3) is 0 Å². The van der Waals surface area contributed by atoms with Crippen LogP contribution in [0.4, 0.5) is 10.1 Å². The van der Waals surface area contributed by atoms with Crippen molar-refractivity contribution in [1.82, 2.24) is 0 Å². The molecule has 0 fully saturated rings. The molecule has 0 radical (unpaired) electrons. The van der Waals surface area contributed by atoms with Gasteiger partial charge in [-0.05, 0) is 30.2 Å². The largest absolute Gasteiger partial charge is 0.324 e. The van der Waals surface area contributed by atoms with Crippen LogP contribution in [0.5, 0.6) is 0 Å². The van der Waals surface area contributed by atoms with E-state index >= 15 is 0 Å². The van der Waals surface area contributed by atoms with E-state index < -0.39 is 6.04 Å². The average Bonchev–Trinajstić information content (AvgIpc) is 2.43. The molecule has 0 saturated carbocycles. The molecule has 0 aliphatic carbocycles. The van der Waals surface area contributed by atoms with Crippen LogP contribution in [0.2, 0.25) is 0 Å². The molecule has 3 nitrogen and oxygen atoms in total. The van der Waals surface area contributed by atoms with E-state index in [0.29, 0.717) is 16.8 Å². The first kappa shape index (κ1) is 13.2. The summed E-state index contributed by atoms with van der Waals surface area (Å²) in [6, 6.07) is 12.8. The van der Waals surface area contributed by atoms with Gasteiger partial charge in [-0.3, -0.25) is 4.79 Å². The van der Waals surface area contributed by atoms with Gasteiger partial charge in [-0.2, -0.15) is 0 Å². The summed E-state index contributed by atoms with van der Waals surface area (Å²) < 4.78 is 13.4. The summed E-state index contributed by atoms with van der Waals surface area (Å²) in [5, 5.41) is 2.60. The Kier molecular flexibility index (Phi) is 3.92. The van der Waals surface area contributed by atoms with Crippen molar-refractivity contribution in [1.29, 1.82) is 0 Å². The predicted molar refractivity (Wildman–Crippen MR) is 73.1 cm³/mol. The van der Waals surface area contributed by atoms with Crippen molar-refractivity contribution in [3.63, 3.8) is 0 Å². The van der Waals surface area contributed by atoms with E-state index in [0.717, 1.165) is 0 Å². The predicted octanol–water partition coefficient (Wildman–Crippen LogP) is 2.77. The standard InChI is InChI=1S/C15H15FN2O/c1-10-7-8-12(9-13(10)16)18-15(19)14(17)11-5-3-2-4-6-11/h2-9,14H,17H2,1H3,(H,18,19). The summed E-state index contributed by atoms with van der Waals surface area (Å²) >= 11 is 0. The third kappa shape index (κ3) is 3.17. The van der Waals surface area contributed by atoms with E-state index in [1.807, 2.05) is 18.2 Å². The number of rotatable bonds is 3. The summed E-state index contributed by atoms with van der Waals surface area (Å²) in [5.74, 6) is -0.722. The van der Waals surface area contributed by atoms with Crippen LogP contribution >= 0.6 is 0 Å². The number of carbonyl (C=O) groups is 1. The van der Waals surface area contributed by atoms with Crippen molar-refractivity contribution in [3.05, 3.63) is 65.5 Å². The number of nitrogens with two attached hydrogens (primary N) is 1. The van der Waals surface area contributed by atoms with Crippen LogP contribution in [0.1, 0.15) is 17.2 Å². The Balaban J connectivity index is 2.10. The molecule has 1 amide bonds. The normalized spacial score (nSPS) is 11.9. The van der Waals surface area contributed by atoms with Crippen LogP contribution in [0.15, 0.2) is 48.5 Å². The highest BCUT2D eigenvalue weighted by Crippen LogP contribution is 2.16. The van der Waals surface area contributed by atoms with Gasteiger partial charge in [0.25, 0.3) is 0 Å². The maximum atomic E-state index is 13.4. The highest BCUT2D eigenvalue weighted by atomic mass is 19.1. The summed E-state index contributed by atoms with van der Waals surface area (Å²) in [7, 11) is 0. The molecule has 0 saturated heterocycles. The second-order valence-electron chi connectivity index (χ2n) is 4.34. The molecule has 0 spiro atoms. The van der Waals surface area contributed by atoms with E-state index in [2.05, 4.69) is 5.32 Å². The molecule has 0 aromatic heterocycles. The molecule has 0 aliphatic rings. The number of amides is 1. The lowest BCUT2D eigenvalue weighted by molar-refractivity contribution is -0.117. The molecule has 0 bridgehead atoms. The van der Waals surface area contributed by atoms with E-state index in [1.54, 1.807) is 31.2 Å². The van der Waals surface area contributed by atoms with Gasteiger partial charge in [0.2, 0.25) is 5.91 Å². The first-order chi connectivity index (χ1) is 9.08. The highest BCUT2D eigenvalue weighted by molar-refractivity contribution is 5.95. The fourth-order valence-corrected chi connectivity index (χ4v) is 1.70. The molecule has 0 heterocycles. The third-order valence-electron chi connectivity index (χ3n) is 2.88. The number of benzene rings is 2. The van der Waals surface area contributed by atoms with Crippen LogP contribution in [0.3, 0.4) is 0 Å². The Labute approximate surface area is 111 Å². The highest BCUT2D eigenvalue weighted by Gasteiger charge is 2.15. The second kappa shape index (κ2) is 5.63. The molecule has 2 aromatic rings. The number of halogens is 1. The summed E-state index contributed by atoms with van der Waals surface area (Å²) in [4.78, 5) is 12.0. The first-order valence-electron chi connectivity index (χ1n) is 5.95. The third-order valence-corrected chi connectivity index (χ3v) is 2.88. The van der Waals surface area contributed by atoms with E-state index in [4.69, 9.17) is 5.73 Å². The van der Waals surface area contributed by atoms with Gasteiger partial charge in [0.05, 0.1) is 0 Å². The van der Waals surface area contributed by atoms with E-state index in [-0.39, 0.29) is 11.7 Å². The number of carbonyl (C=O) groups excluding carboxylic acids is 1. The van der Waals surface area contributed by atoms with Gasteiger partial charge in [-0.15, -0.1) is 0 Å². The van der Waals surface area contributed by atoms with Crippen LogP contribution < -0.4 is 11.1 Å². The minimum Gasteiger partial charge on any atom is -0.324 e. The quantitative estimate of drug-likeness (QED) is 0.889. The van der Waals surface area contributed by atoms with Crippen LogP contribution in [0, 0.1) is 12.7 Å². The SMILES string of the molecule is Cc1ccc(NC(=O)C(N)c2ccccc2)cc1F. The smallest absolute Gasteiger partial charge is 0.245 e. The fourth-order valence-electron chi connectivity index (χ4n) is 1.70. The molecular formula is C15H15FN2O. The number of hydrogen-bond acceptors (Lipinski definition) is 2. The molecule has 0 aliphatic heterocycles. The lowest BCUT2D eigenvalue weighted by atomic mass is 10.1.